The van der Waals surface area contributed by atoms with E-state index in [0.29, 0.717) is 24.6 Å². The fourth-order valence-corrected chi connectivity index (χ4v) is 3.16. The highest BCUT2D eigenvalue weighted by Gasteiger charge is 2.19. The third-order valence-electron chi connectivity index (χ3n) is 4.65. The number of benzene rings is 3. The second-order valence-corrected chi connectivity index (χ2v) is 7.13. The van der Waals surface area contributed by atoms with Gasteiger partial charge in [0.15, 0.2) is 0 Å². The minimum Gasteiger partial charge on any atom is -0.471 e. The van der Waals surface area contributed by atoms with Crippen LogP contribution in [0.5, 0.6) is 5.88 Å². The lowest BCUT2D eigenvalue weighted by Gasteiger charge is -2.07. The number of anilines is 1. The summed E-state index contributed by atoms with van der Waals surface area (Å²) in [5.41, 5.74) is 4.33. The summed E-state index contributed by atoms with van der Waals surface area (Å²) in [6, 6.07) is 27.5. The van der Waals surface area contributed by atoms with Crippen LogP contribution in [-0.4, -0.2) is 15.7 Å². The largest absolute Gasteiger partial charge is 0.471 e. The molecule has 0 spiro atoms. The van der Waals surface area contributed by atoms with Gasteiger partial charge in [0.05, 0.1) is 6.54 Å². The van der Waals surface area contributed by atoms with Crippen molar-refractivity contribution < 1.29 is 9.53 Å². The molecule has 0 saturated carbocycles. The number of hydrogen-bond donors (Lipinski definition) is 1. The van der Waals surface area contributed by atoms with Crippen LogP contribution in [0.15, 0.2) is 91.1 Å². The van der Waals surface area contributed by atoms with Crippen molar-refractivity contribution in [2.75, 3.05) is 5.32 Å². The van der Waals surface area contributed by atoms with Crippen molar-refractivity contribution in [2.45, 2.75) is 20.1 Å². The van der Waals surface area contributed by atoms with Gasteiger partial charge < -0.3 is 10.1 Å². The maximum absolute atomic E-state index is 13.0. The Morgan fingerprint density at radius 1 is 0.933 bits per heavy atom. The Hall–Kier alpha value is -3.86. The molecule has 4 aromatic rings. The van der Waals surface area contributed by atoms with Crippen LogP contribution < -0.4 is 10.1 Å². The van der Waals surface area contributed by atoms with Crippen molar-refractivity contribution in [1.29, 1.82) is 0 Å². The number of hydrogen-bond acceptors (Lipinski definition) is 3. The first-order valence-corrected chi connectivity index (χ1v) is 9.83. The minimum absolute atomic E-state index is 0.247. The van der Waals surface area contributed by atoms with E-state index in [0.717, 1.165) is 22.4 Å². The van der Waals surface area contributed by atoms with Crippen molar-refractivity contribution in [3.8, 4) is 5.88 Å². The predicted molar refractivity (Wildman–Crippen MR) is 118 cm³/mol. The van der Waals surface area contributed by atoms with Gasteiger partial charge in [-0.15, -0.1) is 5.10 Å². The van der Waals surface area contributed by atoms with Crippen LogP contribution in [0.4, 0.5) is 5.69 Å². The Bertz CT molecular complexity index is 1120. The fraction of sp³-hybridized carbons (Fsp3) is 0.120. The molecule has 30 heavy (non-hydrogen) atoms. The molecule has 1 amide bonds. The molecule has 0 fully saturated rings. The Balaban J connectivity index is 1.57. The summed E-state index contributed by atoms with van der Waals surface area (Å²) < 4.78 is 7.67. The minimum atomic E-state index is -0.247. The molecule has 3 aromatic carbocycles. The number of rotatable bonds is 7. The van der Waals surface area contributed by atoms with Crippen molar-refractivity contribution in [3.05, 3.63) is 113 Å². The topological polar surface area (TPSA) is 56.2 Å². The first-order chi connectivity index (χ1) is 14.7. The molecule has 0 unspecified atom stereocenters. The summed E-state index contributed by atoms with van der Waals surface area (Å²) in [7, 11) is 0. The highest BCUT2D eigenvalue weighted by molar-refractivity contribution is 6.05. The molecule has 5 heteroatoms. The van der Waals surface area contributed by atoms with E-state index in [1.807, 2.05) is 91.9 Å². The van der Waals surface area contributed by atoms with Crippen molar-refractivity contribution in [2.24, 2.45) is 0 Å². The molecule has 150 valence electrons. The smallest absolute Gasteiger partial charge is 0.262 e. The maximum Gasteiger partial charge on any atom is 0.262 e. The molecular formula is C25H23N3O2. The number of ether oxygens (including phenoxy) is 1. The van der Waals surface area contributed by atoms with E-state index in [-0.39, 0.29) is 5.91 Å². The summed E-state index contributed by atoms with van der Waals surface area (Å²) in [4.78, 5) is 13.0. The number of carbonyl (C=O) groups is 1. The second-order valence-electron chi connectivity index (χ2n) is 7.13. The van der Waals surface area contributed by atoms with E-state index in [1.165, 1.54) is 0 Å². The molecule has 1 aromatic heterocycles. The van der Waals surface area contributed by atoms with Crippen LogP contribution in [0.25, 0.3) is 0 Å². The van der Waals surface area contributed by atoms with E-state index >= 15 is 0 Å². The molecule has 0 bridgehead atoms. The SMILES string of the molecule is Cc1cccc(NC(=O)c2cn(Cc3ccccc3)nc2OCc2ccccc2)c1. The standard InChI is InChI=1S/C25H23N3O2/c1-19-9-8-14-22(15-19)26-24(29)23-17-28(16-20-10-4-2-5-11-20)27-25(23)30-18-21-12-6-3-7-13-21/h2-15,17H,16,18H2,1H3,(H,26,29). The van der Waals surface area contributed by atoms with E-state index in [1.54, 1.807) is 10.9 Å². The molecule has 0 aliphatic carbocycles. The van der Waals surface area contributed by atoms with Crippen LogP contribution in [0, 0.1) is 6.92 Å². The van der Waals surface area contributed by atoms with E-state index in [4.69, 9.17) is 4.74 Å². The molecular weight excluding hydrogens is 374 g/mol. The summed E-state index contributed by atoms with van der Waals surface area (Å²) >= 11 is 0. The van der Waals surface area contributed by atoms with Crippen LogP contribution in [0.3, 0.4) is 0 Å². The molecule has 1 N–H and O–H groups in total. The van der Waals surface area contributed by atoms with Gasteiger partial charge in [-0.2, -0.15) is 0 Å². The Morgan fingerprint density at radius 2 is 1.63 bits per heavy atom. The van der Waals surface area contributed by atoms with E-state index < -0.39 is 0 Å². The molecule has 0 aliphatic rings. The third-order valence-corrected chi connectivity index (χ3v) is 4.65. The van der Waals surface area contributed by atoms with Gasteiger partial charge in [0.1, 0.15) is 12.2 Å². The first-order valence-electron chi connectivity index (χ1n) is 9.83. The average molecular weight is 397 g/mol. The first kappa shape index (κ1) is 19.5. The lowest BCUT2D eigenvalue weighted by atomic mass is 10.2. The number of nitrogens with zero attached hydrogens (tertiary/aromatic N) is 2. The Kier molecular flexibility index (Phi) is 5.90. The van der Waals surface area contributed by atoms with Gasteiger partial charge in [0, 0.05) is 11.9 Å². The van der Waals surface area contributed by atoms with Crippen molar-refractivity contribution in [3.63, 3.8) is 0 Å². The maximum atomic E-state index is 13.0. The molecule has 5 nitrogen and oxygen atoms in total. The Morgan fingerprint density at radius 3 is 2.33 bits per heavy atom. The van der Waals surface area contributed by atoms with E-state index in [2.05, 4.69) is 10.4 Å². The summed E-state index contributed by atoms with van der Waals surface area (Å²) in [6.45, 7) is 2.89. The number of carbonyl (C=O) groups excluding carboxylic acids is 1. The zero-order valence-corrected chi connectivity index (χ0v) is 16.8. The average Bonchev–Trinajstić information content (AvgIpc) is 3.16. The molecule has 1 heterocycles. The molecule has 0 atom stereocenters. The van der Waals surface area contributed by atoms with Crippen molar-refractivity contribution >= 4 is 11.6 Å². The van der Waals surface area contributed by atoms with Gasteiger partial charge in [0.2, 0.25) is 5.88 Å². The Labute approximate surface area is 175 Å². The summed E-state index contributed by atoms with van der Waals surface area (Å²) in [5, 5.41) is 7.48. The molecule has 0 aliphatic heterocycles. The normalized spacial score (nSPS) is 10.6. The molecule has 0 radical (unpaired) electrons. The summed E-state index contributed by atoms with van der Waals surface area (Å²) in [5.74, 6) is 0.0721. The van der Waals surface area contributed by atoms with Gasteiger partial charge in [-0.05, 0) is 35.7 Å². The third kappa shape index (κ3) is 4.94. The molecule has 4 rings (SSSR count). The van der Waals surface area contributed by atoms with Gasteiger partial charge in [-0.1, -0.05) is 72.8 Å². The molecule has 0 saturated heterocycles. The van der Waals surface area contributed by atoms with Crippen LogP contribution in [0.2, 0.25) is 0 Å². The fourth-order valence-electron chi connectivity index (χ4n) is 3.16. The van der Waals surface area contributed by atoms with Gasteiger partial charge in [-0.3, -0.25) is 9.48 Å². The predicted octanol–water partition coefficient (Wildman–Crippen LogP) is 5.07. The lowest BCUT2D eigenvalue weighted by Crippen LogP contribution is -2.13. The highest BCUT2D eigenvalue weighted by Crippen LogP contribution is 2.21. The van der Waals surface area contributed by atoms with Crippen LogP contribution >= 0.6 is 0 Å². The van der Waals surface area contributed by atoms with E-state index in [9.17, 15) is 4.79 Å². The number of amides is 1. The van der Waals surface area contributed by atoms with Crippen LogP contribution in [0.1, 0.15) is 27.0 Å². The van der Waals surface area contributed by atoms with Crippen molar-refractivity contribution in [1.82, 2.24) is 9.78 Å². The second kappa shape index (κ2) is 9.09. The van der Waals surface area contributed by atoms with Gasteiger partial charge in [0.25, 0.3) is 5.91 Å². The van der Waals surface area contributed by atoms with Gasteiger partial charge in [-0.25, -0.2) is 0 Å². The zero-order chi connectivity index (χ0) is 20.8. The highest BCUT2D eigenvalue weighted by atomic mass is 16.5. The quantitative estimate of drug-likeness (QED) is 0.474. The van der Waals surface area contributed by atoms with Crippen LogP contribution in [-0.2, 0) is 13.2 Å². The summed E-state index contributed by atoms with van der Waals surface area (Å²) in [6.07, 6.45) is 1.73. The number of nitrogens with one attached hydrogen (secondary N) is 1. The monoisotopic (exact) mass is 397 g/mol. The number of aromatic nitrogens is 2. The number of aryl methyl sites for hydroxylation is 1. The zero-order valence-electron chi connectivity index (χ0n) is 16.8. The van der Waals surface area contributed by atoms with Gasteiger partial charge >= 0.3 is 0 Å². The lowest BCUT2D eigenvalue weighted by molar-refractivity contribution is 0.102.